The molecule has 1 saturated heterocycles. The van der Waals surface area contributed by atoms with Gasteiger partial charge in [-0.1, -0.05) is 12.2 Å². The molecule has 1 heterocycles. The van der Waals surface area contributed by atoms with E-state index in [1.54, 1.807) is 0 Å². The van der Waals surface area contributed by atoms with E-state index in [1.807, 2.05) is 6.08 Å². The Balaban J connectivity index is 2.14. The van der Waals surface area contributed by atoms with Gasteiger partial charge in [-0.25, -0.2) is 0 Å². The molecular formula is C10H17NOS. The molecule has 0 amide bonds. The van der Waals surface area contributed by atoms with Crippen molar-refractivity contribution in [1.82, 2.24) is 0 Å². The zero-order chi connectivity index (χ0) is 9.52. The van der Waals surface area contributed by atoms with Gasteiger partial charge in [0, 0.05) is 19.0 Å². The van der Waals surface area contributed by atoms with Gasteiger partial charge in [-0.15, -0.1) is 0 Å². The van der Waals surface area contributed by atoms with Crippen molar-refractivity contribution in [2.24, 2.45) is 5.92 Å². The van der Waals surface area contributed by atoms with Gasteiger partial charge in [0.25, 0.3) is 0 Å². The SMILES string of the molecule is C=S(#N)CC=CCC1CCOCC1. The third-order valence-electron chi connectivity index (χ3n) is 2.27. The quantitative estimate of drug-likeness (QED) is 0.517. The molecule has 2 nitrogen and oxygen atoms in total. The smallest absolute Gasteiger partial charge is 0.0492 e. The first-order valence-electron chi connectivity index (χ1n) is 4.71. The van der Waals surface area contributed by atoms with E-state index in [0.717, 1.165) is 25.6 Å². The van der Waals surface area contributed by atoms with Crippen molar-refractivity contribution in [1.29, 1.82) is 4.61 Å². The molecule has 13 heavy (non-hydrogen) atoms. The highest BCUT2D eigenvalue weighted by Crippen LogP contribution is 2.18. The van der Waals surface area contributed by atoms with E-state index in [9.17, 15) is 0 Å². The topological polar surface area (TPSA) is 33.0 Å². The van der Waals surface area contributed by atoms with E-state index in [1.165, 1.54) is 12.8 Å². The first kappa shape index (κ1) is 10.6. The van der Waals surface area contributed by atoms with Gasteiger partial charge in [0.2, 0.25) is 0 Å². The molecule has 1 aliphatic heterocycles. The fraction of sp³-hybridized carbons (Fsp3) is 0.700. The van der Waals surface area contributed by atoms with Gasteiger partial charge in [0.1, 0.15) is 0 Å². The molecule has 0 aromatic rings. The predicted octanol–water partition coefficient (Wildman–Crippen LogP) is 2.54. The minimum Gasteiger partial charge on any atom is -0.381 e. The van der Waals surface area contributed by atoms with Gasteiger partial charge in [-0.05, 0) is 41.2 Å². The lowest BCUT2D eigenvalue weighted by Crippen LogP contribution is -2.14. The Hall–Kier alpha value is -0.500. The summed E-state index contributed by atoms with van der Waals surface area (Å²) >= 11 is 0. The van der Waals surface area contributed by atoms with Crippen molar-refractivity contribution in [3.63, 3.8) is 0 Å². The normalized spacial score (nSPS) is 19.3. The van der Waals surface area contributed by atoms with Crippen molar-refractivity contribution < 1.29 is 4.74 Å². The molecule has 74 valence electrons. The summed E-state index contributed by atoms with van der Waals surface area (Å²) in [5, 5.41) is 0. The number of rotatable bonds is 3. The van der Waals surface area contributed by atoms with E-state index in [0.29, 0.717) is 5.75 Å². The van der Waals surface area contributed by atoms with Gasteiger partial charge >= 0.3 is 0 Å². The highest BCUT2D eigenvalue weighted by atomic mass is 32.2. The summed E-state index contributed by atoms with van der Waals surface area (Å²) in [6.07, 6.45) is 7.68. The fourth-order valence-corrected chi connectivity index (χ4v) is 1.81. The molecule has 1 fully saturated rings. The highest BCUT2D eigenvalue weighted by Gasteiger charge is 2.11. The molecule has 0 saturated carbocycles. The number of allylic oxidation sites excluding steroid dienone is 1. The maximum Gasteiger partial charge on any atom is 0.0492 e. The largest absolute Gasteiger partial charge is 0.381 e. The Morgan fingerprint density at radius 1 is 1.38 bits per heavy atom. The molecule has 0 aromatic carbocycles. The van der Waals surface area contributed by atoms with Crippen molar-refractivity contribution in [3.8, 4) is 0 Å². The summed E-state index contributed by atoms with van der Waals surface area (Å²) in [4.78, 5) is 0. The molecule has 0 atom stereocenters. The minimum absolute atomic E-state index is 0.683. The second-order valence-corrected chi connectivity index (χ2v) is 4.65. The minimum atomic E-state index is -0.683. The molecule has 0 unspecified atom stereocenters. The summed E-state index contributed by atoms with van der Waals surface area (Å²) in [7, 11) is -0.683. The van der Waals surface area contributed by atoms with Gasteiger partial charge in [0.15, 0.2) is 0 Å². The van der Waals surface area contributed by atoms with E-state index in [-0.39, 0.29) is 0 Å². The number of hydrogen-bond acceptors (Lipinski definition) is 2. The van der Waals surface area contributed by atoms with Crippen LogP contribution in [0, 0.1) is 10.5 Å². The van der Waals surface area contributed by atoms with Crippen LogP contribution in [0.25, 0.3) is 0 Å². The monoisotopic (exact) mass is 199 g/mol. The van der Waals surface area contributed by atoms with Crippen LogP contribution in [0.3, 0.4) is 0 Å². The van der Waals surface area contributed by atoms with Crippen molar-refractivity contribution in [2.45, 2.75) is 19.3 Å². The average molecular weight is 199 g/mol. The average Bonchev–Trinajstić information content (AvgIpc) is 2.14. The molecule has 3 heteroatoms. The molecule has 1 rings (SSSR count). The van der Waals surface area contributed by atoms with Crippen LogP contribution in [-0.2, 0) is 4.74 Å². The van der Waals surface area contributed by atoms with Crippen molar-refractivity contribution in [2.75, 3.05) is 19.0 Å². The van der Waals surface area contributed by atoms with Crippen LogP contribution in [0.1, 0.15) is 19.3 Å². The van der Waals surface area contributed by atoms with Gasteiger partial charge in [-0.2, -0.15) is 4.61 Å². The first-order valence-corrected chi connectivity index (χ1v) is 6.23. The zero-order valence-corrected chi connectivity index (χ0v) is 8.76. The Kier molecular flexibility index (Phi) is 4.91. The number of hydrogen-bond donors (Lipinski definition) is 0. The second kappa shape index (κ2) is 6.03. The molecule has 0 N–H and O–H groups in total. The lowest BCUT2D eigenvalue weighted by molar-refractivity contribution is 0.0673. The summed E-state index contributed by atoms with van der Waals surface area (Å²) in [5.41, 5.74) is 0. The van der Waals surface area contributed by atoms with Crippen LogP contribution in [0.15, 0.2) is 12.2 Å². The third kappa shape index (κ3) is 4.94. The van der Waals surface area contributed by atoms with Crippen molar-refractivity contribution in [3.05, 3.63) is 12.2 Å². The standard InChI is InChI=1S/C10H17NOS/c1-13(11)9-3-2-4-10-5-7-12-8-6-10/h2-3,10H,1,4-9H2. The molecule has 0 bridgehead atoms. The molecular weight excluding hydrogens is 182 g/mol. The summed E-state index contributed by atoms with van der Waals surface area (Å²) in [5.74, 6) is 5.02. The molecule has 0 aromatic heterocycles. The van der Waals surface area contributed by atoms with Crippen LogP contribution in [0.5, 0.6) is 0 Å². The first-order chi connectivity index (χ1) is 6.29. The van der Waals surface area contributed by atoms with Crippen LogP contribution in [-0.4, -0.2) is 24.8 Å². The van der Waals surface area contributed by atoms with Crippen LogP contribution in [0.4, 0.5) is 0 Å². The van der Waals surface area contributed by atoms with Crippen LogP contribution >= 0.6 is 10.1 Å². The second-order valence-electron chi connectivity index (χ2n) is 3.39. The summed E-state index contributed by atoms with van der Waals surface area (Å²) in [6, 6.07) is 0. The van der Waals surface area contributed by atoms with Crippen LogP contribution in [0.2, 0.25) is 0 Å². The van der Waals surface area contributed by atoms with E-state index >= 15 is 0 Å². The van der Waals surface area contributed by atoms with Gasteiger partial charge in [-0.3, -0.25) is 0 Å². The zero-order valence-electron chi connectivity index (χ0n) is 7.95. The predicted molar refractivity (Wildman–Crippen MR) is 58.6 cm³/mol. The summed E-state index contributed by atoms with van der Waals surface area (Å²) < 4.78 is 14.2. The van der Waals surface area contributed by atoms with Crippen molar-refractivity contribution >= 4 is 16.0 Å². The number of ether oxygens (including phenoxy) is 1. The van der Waals surface area contributed by atoms with E-state index < -0.39 is 10.1 Å². The lowest BCUT2D eigenvalue weighted by atomic mass is 9.96. The number of nitrogens with zero attached hydrogens (tertiary/aromatic N) is 1. The molecule has 0 spiro atoms. The molecule has 0 aliphatic carbocycles. The molecule has 0 radical (unpaired) electrons. The van der Waals surface area contributed by atoms with E-state index in [4.69, 9.17) is 9.35 Å². The Morgan fingerprint density at radius 3 is 2.69 bits per heavy atom. The van der Waals surface area contributed by atoms with Gasteiger partial charge < -0.3 is 4.74 Å². The Morgan fingerprint density at radius 2 is 2.08 bits per heavy atom. The Labute approximate surface area is 82.1 Å². The van der Waals surface area contributed by atoms with Crippen LogP contribution < -0.4 is 0 Å². The highest BCUT2D eigenvalue weighted by molar-refractivity contribution is 8.01. The fourth-order valence-electron chi connectivity index (χ4n) is 1.45. The summed E-state index contributed by atoms with van der Waals surface area (Å²) in [6.45, 7) is 1.83. The third-order valence-corrected chi connectivity index (χ3v) is 2.84. The lowest BCUT2D eigenvalue weighted by Gasteiger charge is -2.20. The van der Waals surface area contributed by atoms with Gasteiger partial charge in [0.05, 0.1) is 0 Å². The maximum atomic E-state index is 8.93. The maximum absolute atomic E-state index is 8.93. The molecule has 1 aliphatic rings. The van der Waals surface area contributed by atoms with E-state index in [2.05, 4.69) is 11.9 Å². The Bertz CT molecular complexity index is 272.